The maximum atomic E-state index is 14.0. The third-order valence-electron chi connectivity index (χ3n) is 7.57. The molecule has 0 heterocycles. The molecule has 0 saturated heterocycles. The van der Waals surface area contributed by atoms with Crippen molar-refractivity contribution < 1.29 is 23.8 Å². The van der Waals surface area contributed by atoms with E-state index in [0.717, 1.165) is 36.8 Å². The van der Waals surface area contributed by atoms with Crippen LogP contribution < -0.4 is 10.1 Å². The fourth-order valence-corrected chi connectivity index (χ4v) is 5.57. The minimum absolute atomic E-state index is 0.232. The van der Waals surface area contributed by atoms with Crippen molar-refractivity contribution in [2.45, 2.75) is 44.1 Å². The van der Waals surface area contributed by atoms with Gasteiger partial charge in [-0.1, -0.05) is 86.0 Å². The smallest absolute Gasteiger partial charge is 0.327 e. The normalized spacial score (nSPS) is 14.7. The molecule has 6 heteroatoms. The highest BCUT2D eigenvalue weighted by molar-refractivity contribution is 6.05. The first-order chi connectivity index (χ1) is 19.0. The van der Waals surface area contributed by atoms with Crippen LogP contribution in [0.2, 0.25) is 0 Å². The number of halogens is 1. The quantitative estimate of drug-likeness (QED) is 0.248. The summed E-state index contributed by atoms with van der Waals surface area (Å²) in [5, 5.41) is 14.3. The van der Waals surface area contributed by atoms with Gasteiger partial charge in [0, 0.05) is 11.3 Å². The number of nitrogens with one attached hydrogen (secondary N) is 1. The number of carboxylic acid groups (broad SMARTS) is 1. The Hall–Kier alpha value is -4.19. The molecular weight excluding hydrogens is 493 g/mol. The molecule has 4 aromatic carbocycles. The number of fused-ring (bicyclic) bond motifs is 1. The molecule has 1 amide bonds. The van der Waals surface area contributed by atoms with Crippen LogP contribution in [0.5, 0.6) is 5.75 Å². The van der Waals surface area contributed by atoms with E-state index in [0.29, 0.717) is 29.0 Å². The highest BCUT2D eigenvalue weighted by atomic mass is 19.1. The average molecular weight is 526 g/mol. The minimum Gasteiger partial charge on any atom is -0.492 e. The summed E-state index contributed by atoms with van der Waals surface area (Å²) in [5.74, 6) is -1.95. The molecule has 0 unspecified atom stereocenters. The maximum Gasteiger partial charge on any atom is 0.327 e. The van der Waals surface area contributed by atoms with Crippen LogP contribution in [-0.2, 0) is 4.79 Å². The minimum atomic E-state index is -1.24. The molecule has 0 aromatic heterocycles. The molecular formula is C33H32FNO4. The summed E-state index contributed by atoms with van der Waals surface area (Å²) < 4.78 is 20.3. The second kappa shape index (κ2) is 12.1. The monoisotopic (exact) mass is 525 g/mol. The van der Waals surface area contributed by atoms with Crippen molar-refractivity contribution in [2.24, 2.45) is 5.92 Å². The van der Waals surface area contributed by atoms with Crippen molar-refractivity contribution >= 4 is 22.6 Å². The predicted octanol–water partition coefficient (Wildman–Crippen LogP) is 6.95. The Balaban J connectivity index is 1.50. The number of carbonyl (C=O) groups is 2. The van der Waals surface area contributed by atoms with E-state index in [2.05, 4.69) is 5.32 Å². The largest absolute Gasteiger partial charge is 0.492 e. The molecule has 5 rings (SSSR count). The summed E-state index contributed by atoms with van der Waals surface area (Å²) in [5.41, 5.74) is 1.79. The zero-order chi connectivity index (χ0) is 27.2. The van der Waals surface area contributed by atoms with Crippen molar-refractivity contribution in [1.82, 2.24) is 5.32 Å². The van der Waals surface area contributed by atoms with Crippen LogP contribution in [-0.4, -0.2) is 29.6 Å². The van der Waals surface area contributed by atoms with Gasteiger partial charge >= 0.3 is 5.97 Å². The molecule has 1 fully saturated rings. The predicted molar refractivity (Wildman–Crippen MR) is 150 cm³/mol. The number of carbonyl (C=O) groups excluding carboxylic acids is 1. The SMILES string of the molecule is O=C(N[C@H](C(=O)O)C(c1ccccc1)c1ccccc1)c1ccc2cc(F)ccc2c1OCC1CCCCC1. The summed E-state index contributed by atoms with van der Waals surface area (Å²) >= 11 is 0. The second-order valence-electron chi connectivity index (χ2n) is 10.2. The molecule has 0 spiro atoms. The van der Waals surface area contributed by atoms with Crippen LogP contribution >= 0.6 is 0 Å². The summed E-state index contributed by atoms with van der Waals surface area (Å²) in [4.78, 5) is 26.4. The molecule has 4 aromatic rings. The topological polar surface area (TPSA) is 75.6 Å². The van der Waals surface area contributed by atoms with E-state index < -0.39 is 23.8 Å². The van der Waals surface area contributed by atoms with Crippen LogP contribution in [0.4, 0.5) is 4.39 Å². The second-order valence-corrected chi connectivity index (χ2v) is 10.2. The Kier molecular flexibility index (Phi) is 8.21. The Morgan fingerprint density at radius 2 is 1.51 bits per heavy atom. The van der Waals surface area contributed by atoms with Gasteiger partial charge in [-0.25, -0.2) is 9.18 Å². The first-order valence-corrected chi connectivity index (χ1v) is 13.5. The fourth-order valence-electron chi connectivity index (χ4n) is 5.57. The summed E-state index contributed by atoms with van der Waals surface area (Å²) in [6, 6.07) is 25.0. The Morgan fingerprint density at radius 1 is 0.872 bits per heavy atom. The third kappa shape index (κ3) is 6.11. The molecule has 5 nitrogen and oxygen atoms in total. The lowest BCUT2D eigenvalue weighted by Gasteiger charge is -2.27. The van der Waals surface area contributed by atoms with Crippen LogP contribution in [0.1, 0.15) is 59.5 Å². The van der Waals surface area contributed by atoms with Gasteiger partial charge < -0.3 is 15.2 Å². The van der Waals surface area contributed by atoms with Crippen molar-refractivity contribution in [3.63, 3.8) is 0 Å². The first-order valence-electron chi connectivity index (χ1n) is 13.5. The van der Waals surface area contributed by atoms with Gasteiger partial charge in [0.2, 0.25) is 0 Å². The highest BCUT2D eigenvalue weighted by Crippen LogP contribution is 2.34. The van der Waals surface area contributed by atoms with E-state index in [-0.39, 0.29) is 11.4 Å². The number of hydrogen-bond acceptors (Lipinski definition) is 3. The molecule has 1 atom stereocenters. The maximum absolute atomic E-state index is 14.0. The van der Waals surface area contributed by atoms with Crippen molar-refractivity contribution in [3.05, 3.63) is 114 Å². The lowest BCUT2D eigenvalue weighted by molar-refractivity contribution is -0.139. The van der Waals surface area contributed by atoms with Crippen LogP contribution in [0, 0.1) is 11.7 Å². The number of aliphatic carboxylic acids is 1. The molecule has 0 bridgehead atoms. The van der Waals surface area contributed by atoms with E-state index in [1.807, 2.05) is 60.7 Å². The Labute approximate surface area is 227 Å². The summed E-state index contributed by atoms with van der Waals surface area (Å²) in [6.45, 7) is 0.454. The standard InChI is InChI=1S/C33H32FNO4/c34-26-17-19-27-25(20-26)16-18-28(31(27)39-21-22-10-4-1-5-11-22)32(36)35-30(33(37)38)29(23-12-6-2-7-13-23)24-14-8-3-9-15-24/h2-3,6-9,12-20,22,29-30H,1,4-5,10-11,21H2,(H,35,36)(H,37,38)/t30-/m0/s1. The van der Waals surface area contributed by atoms with E-state index >= 15 is 0 Å². The molecule has 1 saturated carbocycles. The van der Waals surface area contributed by atoms with Gasteiger partial charge in [0.05, 0.1) is 12.2 Å². The lowest BCUT2D eigenvalue weighted by Crippen LogP contribution is -2.45. The molecule has 200 valence electrons. The van der Waals surface area contributed by atoms with Gasteiger partial charge in [-0.05, 0) is 59.5 Å². The number of benzene rings is 4. The molecule has 0 radical (unpaired) electrons. The Morgan fingerprint density at radius 3 is 2.13 bits per heavy atom. The van der Waals surface area contributed by atoms with E-state index in [1.165, 1.54) is 18.6 Å². The van der Waals surface area contributed by atoms with Crippen molar-refractivity contribution in [2.75, 3.05) is 6.61 Å². The number of amides is 1. The molecule has 1 aliphatic carbocycles. The van der Waals surface area contributed by atoms with E-state index in [9.17, 15) is 19.1 Å². The molecule has 39 heavy (non-hydrogen) atoms. The number of rotatable bonds is 9. The first kappa shape index (κ1) is 26.4. The number of carboxylic acids is 1. The van der Waals surface area contributed by atoms with Gasteiger partial charge in [-0.3, -0.25) is 4.79 Å². The van der Waals surface area contributed by atoms with Gasteiger partial charge in [-0.15, -0.1) is 0 Å². The van der Waals surface area contributed by atoms with Crippen LogP contribution in [0.15, 0.2) is 91.0 Å². The lowest BCUT2D eigenvalue weighted by atomic mass is 9.84. The van der Waals surface area contributed by atoms with Gasteiger partial charge in [-0.2, -0.15) is 0 Å². The molecule has 0 aliphatic heterocycles. The van der Waals surface area contributed by atoms with Gasteiger partial charge in [0.25, 0.3) is 5.91 Å². The molecule has 1 aliphatic rings. The zero-order valence-electron chi connectivity index (χ0n) is 21.7. The third-order valence-corrected chi connectivity index (χ3v) is 7.57. The summed E-state index contributed by atoms with van der Waals surface area (Å²) in [7, 11) is 0. The Bertz CT molecular complexity index is 1400. The van der Waals surface area contributed by atoms with E-state index in [4.69, 9.17) is 4.74 Å². The van der Waals surface area contributed by atoms with Crippen LogP contribution in [0.3, 0.4) is 0 Å². The van der Waals surface area contributed by atoms with Crippen molar-refractivity contribution in [1.29, 1.82) is 0 Å². The van der Waals surface area contributed by atoms with Gasteiger partial charge in [0.15, 0.2) is 0 Å². The fraction of sp³-hybridized carbons (Fsp3) is 0.273. The van der Waals surface area contributed by atoms with Crippen molar-refractivity contribution in [3.8, 4) is 5.75 Å². The number of hydrogen-bond donors (Lipinski definition) is 2. The van der Waals surface area contributed by atoms with Gasteiger partial charge in [0.1, 0.15) is 17.6 Å². The van der Waals surface area contributed by atoms with E-state index in [1.54, 1.807) is 18.2 Å². The average Bonchev–Trinajstić information content (AvgIpc) is 2.97. The van der Waals surface area contributed by atoms with Crippen LogP contribution in [0.25, 0.3) is 10.8 Å². The zero-order valence-corrected chi connectivity index (χ0v) is 21.7. The highest BCUT2D eigenvalue weighted by Gasteiger charge is 2.33. The molecule has 2 N–H and O–H groups in total. The summed E-state index contributed by atoms with van der Waals surface area (Å²) in [6.07, 6.45) is 5.67. The number of ether oxygens (including phenoxy) is 1.